The molecule has 25 heavy (non-hydrogen) atoms. The molecule has 0 rings (SSSR count). The highest BCUT2D eigenvalue weighted by atomic mass is 16.5. The molecule has 0 saturated heterocycles. The fourth-order valence-electron chi connectivity index (χ4n) is 2.72. The Morgan fingerprint density at radius 1 is 1.08 bits per heavy atom. The fraction of sp³-hybridized carbons (Fsp3) is 0.895. The normalized spacial score (nSPS) is 14.2. The van der Waals surface area contributed by atoms with E-state index in [0.717, 1.165) is 6.42 Å². The number of nitrogens with two attached hydrogens (primary N) is 1. The number of hydrogen-bond donors (Lipinski definition) is 2. The molecule has 0 aromatic heterocycles. The highest BCUT2D eigenvalue weighted by Crippen LogP contribution is 2.36. The molecule has 0 saturated carbocycles. The van der Waals surface area contributed by atoms with Crippen LogP contribution in [0.5, 0.6) is 0 Å². The van der Waals surface area contributed by atoms with E-state index in [9.17, 15) is 14.7 Å². The zero-order valence-electron chi connectivity index (χ0n) is 17.0. The highest BCUT2D eigenvalue weighted by Gasteiger charge is 2.36. The Balaban J connectivity index is 4.12. The summed E-state index contributed by atoms with van der Waals surface area (Å²) in [6, 6.07) is 0. The van der Waals surface area contributed by atoms with Gasteiger partial charge in [0.2, 0.25) is 0 Å². The lowest BCUT2D eigenvalue weighted by Gasteiger charge is -2.31. The van der Waals surface area contributed by atoms with Gasteiger partial charge in [0, 0.05) is 18.6 Å². The monoisotopic (exact) mass is 359 g/mol. The third-order valence-corrected chi connectivity index (χ3v) is 4.06. The smallest absolute Gasteiger partial charge is 0.309 e. The molecule has 3 N–H and O–H groups in total. The summed E-state index contributed by atoms with van der Waals surface area (Å²) in [5, 5.41) is 9.22. The van der Waals surface area contributed by atoms with Crippen molar-refractivity contribution in [3.63, 3.8) is 0 Å². The summed E-state index contributed by atoms with van der Waals surface area (Å²) >= 11 is 0. The molecule has 0 aliphatic rings. The Labute approximate surface area is 152 Å². The van der Waals surface area contributed by atoms with E-state index in [2.05, 4.69) is 0 Å². The van der Waals surface area contributed by atoms with Crippen LogP contribution in [0.2, 0.25) is 0 Å². The SMILES string of the molecule is CC(CCOC(=O)CC(C)(C)CC(C)(C)C(=O)O)OCCC(C)(C)N. The predicted molar refractivity (Wildman–Crippen MR) is 98.3 cm³/mol. The van der Waals surface area contributed by atoms with Gasteiger partial charge in [-0.2, -0.15) is 0 Å². The van der Waals surface area contributed by atoms with Crippen LogP contribution < -0.4 is 5.73 Å². The van der Waals surface area contributed by atoms with Gasteiger partial charge in [0.1, 0.15) is 0 Å². The number of hydrogen-bond acceptors (Lipinski definition) is 5. The van der Waals surface area contributed by atoms with Crippen molar-refractivity contribution >= 4 is 11.9 Å². The van der Waals surface area contributed by atoms with Crippen molar-refractivity contribution in [1.82, 2.24) is 0 Å². The van der Waals surface area contributed by atoms with E-state index >= 15 is 0 Å². The summed E-state index contributed by atoms with van der Waals surface area (Å²) in [5.74, 6) is -1.16. The topological polar surface area (TPSA) is 98.9 Å². The van der Waals surface area contributed by atoms with Crippen molar-refractivity contribution in [2.75, 3.05) is 13.2 Å². The predicted octanol–water partition coefficient (Wildman–Crippen LogP) is 3.37. The Hall–Kier alpha value is -1.14. The lowest BCUT2D eigenvalue weighted by atomic mass is 9.73. The molecular formula is C19H37NO5. The first-order chi connectivity index (χ1) is 11.1. The minimum Gasteiger partial charge on any atom is -0.481 e. The summed E-state index contributed by atoms with van der Waals surface area (Å²) in [6.07, 6.45) is 1.98. The second kappa shape index (κ2) is 9.53. The Bertz CT molecular complexity index is 438. The standard InChI is InChI=1S/C19H37NO5/c1-14(24-11-9-19(6,7)20)8-10-25-15(21)12-17(2,3)13-18(4,5)16(22)23/h14H,8-13,20H2,1-7H3,(H,22,23). The van der Waals surface area contributed by atoms with Crippen molar-refractivity contribution in [3.05, 3.63) is 0 Å². The molecular weight excluding hydrogens is 322 g/mol. The number of carboxylic acids is 1. The van der Waals surface area contributed by atoms with E-state index in [1.807, 2.05) is 34.6 Å². The van der Waals surface area contributed by atoms with Gasteiger partial charge in [0.25, 0.3) is 0 Å². The van der Waals surface area contributed by atoms with Gasteiger partial charge >= 0.3 is 11.9 Å². The molecule has 1 atom stereocenters. The zero-order chi connectivity index (χ0) is 19.9. The maximum atomic E-state index is 12.0. The van der Waals surface area contributed by atoms with E-state index in [1.54, 1.807) is 13.8 Å². The molecule has 1 unspecified atom stereocenters. The maximum absolute atomic E-state index is 12.0. The Kier molecular flexibility index (Phi) is 9.09. The molecule has 0 aromatic carbocycles. The van der Waals surface area contributed by atoms with Crippen molar-refractivity contribution in [2.45, 2.75) is 85.8 Å². The van der Waals surface area contributed by atoms with Gasteiger partial charge in [0.05, 0.1) is 24.5 Å². The van der Waals surface area contributed by atoms with E-state index in [0.29, 0.717) is 26.1 Å². The van der Waals surface area contributed by atoms with Gasteiger partial charge < -0.3 is 20.3 Å². The second-order valence-electron chi connectivity index (χ2n) is 9.14. The average Bonchev–Trinajstić information content (AvgIpc) is 2.34. The van der Waals surface area contributed by atoms with Crippen LogP contribution in [-0.2, 0) is 19.1 Å². The summed E-state index contributed by atoms with van der Waals surface area (Å²) in [7, 11) is 0. The summed E-state index contributed by atoms with van der Waals surface area (Å²) in [6.45, 7) is 13.8. The third-order valence-electron chi connectivity index (χ3n) is 4.06. The third kappa shape index (κ3) is 11.9. The number of carbonyl (C=O) groups excluding carboxylic acids is 1. The van der Waals surface area contributed by atoms with Crippen LogP contribution in [0.4, 0.5) is 0 Å². The molecule has 0 bridgehead atoms. The number of aliphatic carboxylic acids is 1. The van der Waals surface area contributed by atoms with E-state index in [-0.39, 0.29) is 24.0 Å². The van der Waals surface area contributed by atoms with Crippen molar-refractivity contribution in [3.8, 4) is 0 Å². The molecule has 0 aromatic rings. The number of carbonyl (C=O) groups is 2. The van der Waals surface area contributed by atoms with Gasteiger partial charge in [-0.05, 0) is 52.9 Å². The van der Waals surface area contributed by atoms with Gasteiger partial charge in [-0.3, -0.25) is 9.59 Å². The molecule has 0 heterocycles. The van der Waals surface area contributed by atoms with Crippen LogP contribution in [0.15, 0.2) is 0 Å². The molecule has 148 valence electrons. The van der Waals surface area contributed by atoms with Gasteiger partial charge in [-0.15, -0.1) is 0 Å². The van der Waals surface area contributed by atoms with Crippen LogP contribution in [0.1, 0.15) is 74.1 Å². The molecule has 6 heteroatoms. The molecule has 0 aliphatic carbocycles. The fourth-order valence-corrected chi connectivity index (χ4v) is 2.72. The lowest BCUT2D eigenvalue weighted by molar-refractivity contribution is -0.152. The molecule has 0 fully saturated rings. The molecule has 0 spiro atoms. The van der Waals surface area contributed by atoms with E-state index in [1.165, 1.54) is 0 Å². The maximum Gasteiger partial charge on any atom is 0.309 e. The average molecular weight is 360 g/mol. The minimum absolute atomic E-state index is 0.00546. The van der Waals surface area contributed by atoms with Crippen LogP contribution in [0.25, 0.3) is 0 Å². The van der Waals surface area contributed by atoms with Crippen LogP contribution >= 0.6 is 0 Å². The van der Waals surface area contributed by atoms with Crippen LogP contribution in [-0.4, -0.2) is 41.9 Å². The van der Waals surface area contributed by atoms with Gasteiger partial charge in [-0.25, -0.2) is 0 Å². The Morgan fingerprint density at radius 3 is 2.12 bits per heavy atom. The Morgan fingerprint density at radius 2 is 1.64 bits per heavy atom. The quantitative estimate of drug-likeness (QED) is 0.518. The summed E-state index contributed by atoms with van der Waals surface area (Å²) < 4.78 is 10.9. The van der Waals surface area contributed by atoms with Crippen molar-refractivity contribution in [2.24, 2.45) is 16.6 Å². The molecule has 0 radical (unpaired) electrons. The zero-order valence-corrected chi connectivity index (χ0v) is 17.0. The van der Waals surface area contributed by atoms with E-state index < -0.39 is 16.8 Å². The summed E-state index contributed by atoms with van der Waals surface area (Å²) in [4.78, 5) is 23.3. The van der Waals surface area contributed by atoms with Gasteiger partial charge in [-0.1, -0.05) is 13.8 Å². The number of rotatable bonds is 12. The van der Waals surface area contributed by atoms with Gasteiger partial charge in [0.15, 0.2) is 0 Å². The van der Waals surface area contributed by atoms with E-state index in [4.69, 9.17) is 15.2 Å². The lowest BCUT2D eigenvalue weighted by Crippen LogP contribution is -2.33. The number of ether oxygens (including phenoxy) is 2. The van der Waals surface area contributed by atoms with Crippen LogP contribution in [0.3, 0.4) is 0 Å². The largest absolute Gasteiger partial charge is 0.481 e. The van der Waals surface area contributed by atoms with Crippen molar-refractivity contribution < 1.29 is 24.2 Å². The van der Waals surface area contributed by atoms with Crippen LogP contribution in [0, 0.1) is 10.8 Å². The van der Waals surface area contributed by atoms with Crippen molar-refractivity contribution in [1.29, 1.82) is 0 Å². The summed E-state index contributed by atoms with van der Waals surface area (Å²) in [5.41, 5.74) is 4.34. The first-order valence-corrected chi connectivity index (χ1v) is 8.94. The number of esters is 1. The minimum atomic E-state index is -0.872. The first kappa shape index (κ1) is 23.9. The first-order valence-electron chi connectivity index (χ1n) is 8.94. The second-order valence-corrected chi connectivity index (χ2v) is 9.14. The number of carboxylic acid groups (broad SMARTS) is 1. The molecule has 6 nitrogen and oxygen atoms in total. The molecule has 0 amide bonds. The molecule has 0 aliphatic heterocycles. The highest BCUT2D eigenvalue weighted by molar-refractivity contribution is 5.74.